The lowest BCUT2D eigenvalue weighted by Gasteiger charge is -2.10. The van der Waals surface area contributed by atoms with E-state index in [4.69, 9.17) is 5.11 Å². The summed E-state index contributed by atoms with van der Waals surface area (Å²) in [5, 5.41) is 8.60. The van der Waals surface area contributed by atoms with E-state index < -0.39 is 0 Å². The third-order valence-corrected chi connectivity index (χ3v) is 3.99. The van der Waals surface area contributed by atoms with Crippen LogP contribution < -0.4 is 0 Å². The van der Waals surface area contributed by atoms with Gasteiger partial charge in [0.05, 0.1) is 0 Å². The topological polar surface area (TPSA) is 20.2 Å². The first-order valence-corrected chi connectivity index (χ1v) is 7.19. The first-order valence-electron chi connectivity index (χ1n) is 6.03. The second kappa shape index (κ2) is 11.4. The Kier molecular flexibility index (Phi) is 11.6. The van der Waals surface area contributed by atoms with Crippen LogP contribution in [0.5, 0.6) is 0 Å². The van der Waals surface area contributed by atoms with E-state index in [1.807, 2.05) is 0 Å². The molecule has 0 saturated heterocycles. The molecule has 0 heterocycles. The number of aliphatic hydroxyl groups excluding tert-OH is 1. The van der Waals surface area contributed by atoms with E-state index in [-0.39, 0.29) is 0 Å². The van der Waals surface area contributed by atoms with E-state index in [9.17, 15) is 0 Å². The van der Waals surface area contributed by atoms with Crippen molar-refractivity contribution < 1.29 is 5.11 Å². The molecule has 2 heteroatoms. The standard InChI is InChI=1S/C12H26OS/c1-3-12(4-2)11-14-10-8-6-5-7-9-13/h12-13H,3-11H2,1-2H3. The lowest BCUT2D eigenvalue weighted by Crippen LogP contribution is -2.00. The summed E-state index contributed by atoms with van der Waals surface area (Å²) in [6.07, 6.45) is 7.45. The van der Waals surface area contributed by atoms with Crippen LogP contribution in [0.3, 0.4) is 0 Å². The van der Waals surface area contributed by atoms with Crippen LogP contribution in [0.25, 0.3) is 0 Å². The highest BCUT2D eigenvalue weighted by atomic mass is 32.2. The summed E-state index contributed by atoms with van der Waals surface area (Å²) in [6.45, 7) is 4.94. The van der Waals surface area contributed by atoms with E-state index in [1.165, 1.54) is 43.6 Å². The molecule has 0 atom stereocenters. The Morgan fingerprint density at radius 3 is 2.21 bits per heavy atom. The van der Waals surface area contributed by atoms with Gasteiger partial charge >= 0.3 is 0 Å². The van der Waals surface area contributed by atoms with Crippen molar-refractivity contribution in [2.45, 2.75) is 52.4 Å². The third-order valence-electron chi connectivity index (χ3n) is 2.71. The van der Waals surface area contributed by atoms with Crippen molar-refractivity contribution in [2.24, 2.45) is 5.92 Å². The fourth-order valence-corrected chi connectivity index (χ4v) is 2.82. The Labute approximate surface area is 93.7 Å². The monoisotopic (exact) mass is 218 g/mol. The van der Waals surface area contributed by atoms with Gasteiger partial charge in [0.1, 0.15) is 0 Å². The molecule has 0 aliphatic carbocycles. The third kappa shape index (κ3) is 8.89. The van der Waals surface area contributed by atoms with E-state index in [0.29, 0.717) is 6.61 Å². The molecule has 0 aliphatic rings. The molecule has 0 saturated carbocycles. The SMILES string of the molecule is CCC(CC)CSCCCCCCO. The number of rotatable bonds is 10. The van der Waals surface area contributed by atoms with Crippen LogP contribution in [0.2, 0.25) is 0 Å². The molecule has 0 amide bonds. The van der Waals surface area contributed by atoms with Crippen LogP contribution in [0.15, 0.2) is 0 Å². The summed E-state index contributed by atoms with van der Waals surface area (Å²) in [4.78, 5) is 0. The van der Waals surface area contributed by atoms with Gasteiger partial charge in [0, 0.05) is 6.61 Å². The fraction of sp³-hybridized carbons (Fsp3) is 1.00. The zero-order valence-electron chi connectivity index (χ0n) is 9.80. The largest absolute Gasteiger partial charge is 0.396 e. The summed E-state index contributed by atoms with van der Waals surface area (Å²) in [6, 6.07) is 0. The van der Waals surface area contributed by atoms with Gasteiger partial charge in [0.25, 0.3) is 0 Å². The fourth-order valence-electron chi connectivity index (χ4n) is 1.44. The molecule has 0 bridgehead atoms. The van der Waals surface area contributed by atoms with Crippen molar-refractivity contribution in [1.82, 2.24) is 0 Å². The molecular formula is C12H26OS. The number of aliphatic hydroxyl groups is 1. The van der Waals surface area contributed by atoms with Gasteiger partial charge in [-0.2, -0.15) is 11.8 Å². The normalized spacial score (nSPS) is 11.1. The minimum atomic E-state index is 0.362. The van der Waals surface area contributed by atoms with Gasteiger partial charge in [-0.1, -0.05) is 39.5 Å². The Morgan fingerprint density at radius 1 is 1.00 bits per heavy atom. The molecule has 0 spiro atoms. The zero-order chi connectivity index (χ0) is 10.6. The lowest BCUT2D eigenvalue weighted by atomic mass is 10.1. The van der Waals surface area contributed by atoms with Crippen molar-refractivity contribution in [2.75, 3.05) is 18.1 Å². The van der Waals surface area contributed by atoms with Crippen LogP contribution in [0.4, 0.5) is 0 Å². The number of unbranched alkanes of at least 4 members (excludes halogenated alkanes) is 3. The summed E-state index contributed by atoms with van der Waals surface area (Å²) in [5.41, 5.74) is 0. The molecule has 1 nitrogen and oxygen atoms in total. The van der Waals surface area contributed by atoms with Gasteiger partial charge in [0.15, 0.2) is 0 Å². The molecule has 0 fully saturated rings. The number of hydrogen-bond donors (Lipinski definition) is 1. The van der Waals surface area contributed by atoms with Crippen LogP contribution in [-0.4, -0.2) is 23.2 Å². The molecule has 0 aromatic heterocycles. The van der Waals surface area contributed by atoms with Crippen molar-refractivity contribution in [3.05, 3.63) is 0 Å². The Balaban J connectivity index is 3.04. The van der Waals surface area contributed by atoms with Crippen molar-refractivity contribution >= 4 is 11.8 Å². The number of hydrogen-bond acceptors (Lipinski definition) is 2. The Hall–Kier alpha value is 0.310. The van der Waals surface area contributed by atoms with E-state index >= 15 is 0 Å². The summed E-state index contributed by atoms with van der Waals surface area (Å²) >= 11 is 2.11. The van der Waals surface area contributed by atoms with Crippen LogP contribution >= 0.6 is 11.8 Å². The minimum absolute atomic E-state index is 0.362. The second-order valence-electron chi connectivity index (χ2n) is 3.90. The van der Waals surface area contributed by atoms with Gasteiger partial charge in [-0.3, -0.25) is 0 Å². The van der Waals surface area contributed by atoms with Gasteiger partial charge < -0.3 is 5.11 Å². The van der Waals surface area contributed by atoms with Crippen molar-refractivity contribution in [3.8, 4) is 0 Å². The molecule has 86 valence electrons. The molecule has 14 heavy (non-hydrogen) atoms. The van der Waals surface area contributed by atoms with E-state index in [0.717, 1.165) is 12.3 Å². The van der Waals surface area contributed by atoms with Crippen LogP contribution in [0, 0.1) is 5.92 Å². The van der Waals surface area contributed by atoms with E-state index in [2.05, 4.69) is 25.6 Å². The van der Waals surface area contributed by atoms with E-state index in [1.54, 1.807) is 0 Å². The quantitative estimate of drug-likeness (QED) is 0.564. The van der Waals surface area contributed by atoms with Gasteiger partial charge in [-0.05, 0) is 30.3 Å². The zero-order valence-corrected chi connectivity index (χ0v) is 10.6. The average Bonchev–Trinajstić information content (AvgIpc) is 2.22. The molecule has 1 N–H and O–H groups in total. The van der Waals surface area contributed by atoms with Crippen LogP contribution in [0.1, 0.15) is 52.4 Å². The highest BCUT2D eigenvalue weighted by Gasteiger charge is 2.02. The molecule has 0 aliphatic heterocycles. The van der Waals surface area contributed by atoms with Crippen molar-refractivity contribution in [3.63, 3.8) is 0 Å². The molecular weight excluding hydrogens is 192 g/mol. The van der Waals surface area contributed by atoms with Crippen molar-refractivity contribution in [1.29, 1.82) is 0 Å². The lowest BCUT2D eigenvalue weighted by molar-refractivity contribution is 0.283. The van der Waals surface area contributed by atoms with Gasteiger partial charge in [0.2, 0.25) is 0 Å². The highest BCUT2D eigenvalue weighted by Crippen LogP contribution is 2.16. The highest BCUT2D eigenvalue weighted by molar-refractivity contribution is 7.99. The molecule has 0 unspecified atom stereocenters. The minimum Gasteiger partial charge on any atom is -0.396 e. The predicted octanol–water partition coefficient (Wildman–Crippen LogP) is 3.71. The molecule has 0 aromatic rings. The average molecular weight is 218 g/mol. The first kappa shape index (κ1) is 14.3. The molecule has 0 aromatic carbocycles. The number of thioether (sulfide) groups is 1. The Bertz CT molecular complexity index is 102. The summed E-state index contributed by atoms with van der Waals surface area (Å²) in [5.74, 6) is 3.58. The van der Waals surface area contributed by atoms with Gasteiger partial charge in [-0.25, -0.2) is 0 Å². The van der Waals surface area contributed by atoms with Crippen LogP contribution in [-0.2, 0) is 0 Å². The summed E-state index contributed by atoms with van der Waals surface area (Å²) in [7, 11) is 0. The molecule has 0 rings (SSSR count). The maximum atomic E-state index is 8.60. The second-order valence-corrected chi connectivity index (χ2v) is 5.05. The maximum absolute atomic E-state index is 8.60. The summed E-state index contributed by atoms with van der Waals surface area (Å²) < 4.78 is 0. The predicted molar refractivity (Wildman–Crippen MR) is 67.0 cm³/mol. The van der Waals surface area contributed by atoms with Gasteiger partial charge in [-0.15, -0.1) is 0 Å². The maximum Gasteiger partial charge on any atom is 0.0431 e. The smallest absolute Gasteiger partial charge is 0.0431 e. The Morgan fingerprint density at radius 2 is 1.64 bits per heavy atom. The first-order chi connectivity index (χ1) is 6.85. The molecule has 0 radical (unpaired) electrons.